The van der Waals surface area contributed by atoms with Gasteiger partial charge in [-0.3, -0.25) is 13.9 Å². The lowest BCUT2D eigenvalue weighted by atomic mass is 10.1. The summed E-state index contributed by atoms with van der Waals surface area (Å²) in [7, 11) is -4.20. The fourth-order valence-electron chi connectivity index (χ4n) is 4.33. The van der Waals surface area contributed by atoms with Crippen molar-refractivity contribution in [1.29, 1.82) is 0 Å². The van der Waals surface area contributed by atoms with Gasteiger partial charge in [0.15, 0.2) is 0 Å². The normalized spacial score (nSPS) is 12.0. The number of halogens is 2. The first-order chi connectivity index (χ1) is 19.1. The number of hydrogen-bond acceptors (Lipinski definition) is 4. The van der Waals surface area contributed by atoms with Crippen LogP contribution in [0, 0.1) is 6.92 Å². The van der Waals surface area contributed by atoms with E-state index in [1.54, 1.807) is 18.2 Å². The van der Waals surface area contributed by atoms with E-state index in [4.69, 9.17) is 23.2 Å². The molecule has 0 bridgehead atoms. The molecule has 0 heterocycles. The van der Waals surface area contributed by atoms with Gasteiger partial charge in [0.2, 0.25) is 11.8 Å². The van der Waals surface area contributed by atoms with Crippen LogP contribution in [0.15, 0.2) is 77.7 Å². The summed E-state index contributed by atoms with van der Waals surface area (Å²) in [4.78, 5) is 28.8. The molecule has 0 aliphatic heterocycles. The molecule has 3 aromatic carbocycles. The second kappa shape index (κ2) is 14.5. The van der Waals surface area contributed by atoms with Crippen LogP contribution in [0.3, 0.4) is 0 Å². The zero-order valence-corrected chi connectivity index (χ0v) is 25.3. The zero-order chi connectivity index (χ0) is 29.3. The lowest BCUT2D eigenvalue weighted by Crippen LogP contribution is -2.52. The van der Waals surface area contributed by atoms with Crippen LogP contribution in [-0.4, -0.2) is 44.3 Å². The summed E-state index contributed by atoms with van der Waals surface area (Å²) in [6, 6.07) is 19.0. The van der Waals surface area contributed by atoms with E-state index in [-0.39, 0.29) is 33.1 Å². The number of amides is 2. The maximum atomic E-state index is 14.1. The Morgan fingerprint density at radius 1 is 0.925 bits per heavy atom. The van der Waals surface area contributed by atoms with E-state index in [0.717, 1.165) is 28.3 Å². The fourth-order valence-corrected chi connectivity index (χ4v) is 6.26. The predicted octanol–water partition coefficient (Wildman–Crippen LogP) is 6.22. The van der Waals surface area contributed by atoms with Gasteiger partial charge in [0, 0.05) is 23.1 Å². The number of rotatable bonds is 13. The molecule has 3 aromatic rings. The maximum absolute atomic E-state index is 14.1. The first-order valence-corrected chi connectivity index (χ1v) is 15.4. The third kappa shape index (κ3) is 7.99. The number of aryl methyl sites for hydroxylation is 1. The zero-order valence-electron chi connectivity index (χ0n) is 22.9. The van der Waals surface area contributed by atoms with Crippen molar-refractivity contribution >= 4 is 50.7 Å². The van der Waals surface area contributed by atoms with Gasteiger partial charge < -0.3 is 10.2 Å². The molecule has 1 N–H and O–H groups in total. The topological polar surface area (TPSA) is 86.8 Å². The Kier molecular flexibility index (Phi) is 11.4. The molecule has 3 rings (SSSR count). The standard InChI is InChI=1S/C30H35Cl2N3O4S/c1-4-6-16-33-30(37)28(5-2)34(20-23-13-11-10-12-22(23)3)29(36)21-35(26-18-24(31)17-25(32)19-26)40(38,39)27-14-8-7-9-15-27/h7-15,17-19,28H,4-6,16,20-21H2,1-3H3,(H,33,37). The number of unbranched alkanes of at least 4 members (excludes halogenated alkanes) is 1. The summed E-state index contributed by atoms with van der Waals surface area (Å²) in [5, 5.41) is 3.37. The summed E-state index contributed by atoms with van der Waals surface area (Å²) < 4.78 is 28.7. The van der Waals surface area contributed by atoms with Gasteiger partial charge in [0.1, 0.15) is 12.6 Å². The number of carbonyl (C=O) groups excluding carboxylic acids is 2. The molecule has 0 radical (unpaired) electrons. The maximum Gasteiger partial charge on any atom is 0.264 e. The Bertz CT molecular complexity index is 1400. The number of sulfonamides is 1. The first-order valence-electron chi connectivity index (χ1n) is 13.2. The molecular weight excluding hydrogens is 569 g/mol. The molecule has 0 fully saturated rings. The molecule has 1 atom stereocenters. The highest BCUT2D eigenvalue weighted by Gasteiger charge is 2.34. The van der Waals surface area contributed by atoms with E-state index in [1.165, 1.54) is 35.2 Å². The van der Waals surface area contributed by atoms with Gasteiger partial charge in [-0.1, -0.05) is 85.9 Å². The number of hydrogen-bond donors (Lipinski definition) is 1. The summed E-state index contributed by atoms with van der Waals surface area (Å²) in [5.74, 6) is -0.808. The lowest BCUT2D eigenvalue weighted by molar-refractivity contribution is -0.140. The summed E-state index contributed by atoms with van der Waals surface area (Å²) >= 11 is 12.5. The number of carbonyl (C=O) groups is 2. The smallest absolute Gasteiger partial charge is 0.264 e. The Balaban J connectivity index is 2.07. The summed E-state index contributed by atoms with van der Waals surface area (Å²) in [6.07, 6.45) is 2.08. The van der Waals surface area contributed by atoms with Crippen molar-refractivity contribution in [3.8, 4) is 0 Å². The highest BCUT2D eigenvalue weighted by atomic mass is 35.5. The van der Waals surface area contributed by atoms with Crippen LogP contribution in [0.1, 0.15) is 44.2 Å². The Labute approximate surface area is 247 Å². The number of anilines is 1. The van der Waals surface area contributed by atoms with Crippen molar-refractivity contribution in [2.45, 2.75) is 57.5 Å². The Morgan fingerprint density at radius 3 is 2.15 bits per heavy atom. The van der Waals surface area contributed by atoms with E-state index in [9.17, 15) is 18.0 Å². The molecule has 10 heteroatoms. The van der Waals surface area contributed by atoms with Crippen LogP contribution < -0.4 is 9.62 Å². The van der Waals surface area contributed by atoms with Crippen LogP contribution in [0.4, 0.5) is 5.69 Å². The molecule has 2 amide bonds. The van der Waals surface area contributed by atoms with Crippen molar-refractivity contribution in [2.75, 3.05) is 17.4 Å². The molecule has 1 unspecified atom stereocenters. The van der Waals surface area contributed by atoms with Gasteiger partial charge in [0.25, 0.3) is 10.0 Å². The number of nitrogens with one attached hydrogen (secondary N) is 1. The summed E-state index contributed by atoms with van der Waals surface area (Å²) in [5.41, 5.74) is 1.96. The first kappa shape index (κ1) is 31.5. The summed E-state index contributed by atoms with van der Waals surface area (Å²) in [6.45, 7) is 5.87. The van der Waals surface area contributed by atoms with Crippen LogP contribution in [-0.2, 0) is 26.2 Å². The predicted molar refractivity (Wildman–Crippen MR) is 161 cm³/mol. The molecule has 0 aliphatic rings. The quantitative estimate of drug-likeness (QED) is 0.235. The average molecular weight is 605 g/mol. The highest BCUT2D eigenvalue weighted by molar-refractivity contribution is 7.92. The molecule has 7 nitrogen and oxygen atoms in total. The average Bonchev–Trinajstić information content (AvgIpc) is 2.92. The number of benzene rings is 3. The van der Waals surface area contributed by atoms with Crippen molar-refractivity contribution in [2.24, 2.45) is 0 Å². The van der Waals surface area contributed by atoms with Crippen LogP contribution >= 0.6 is 23.2 Å². The largest absolute Gasteiger partial charge is 0.354 e. The Hall–Kier alpha value is -3.07. The molecule has 214 valence electrons. The van der Waals surface area contributed by atoms with Crippen LogP contribution in [0.5, 0.6) is 0 Å². The highest BCUT2D eigenvalue weighted by Crippen LogP contribution is 2.30. The van der Waals surface area contributed by atoms with Crippen LogP contribution in [0.25, 0.3) is 0 Å². The Morgan fingerprint density at radius 2 is 1.55 bits per heavy atom. The molecule has 0 aromatic heterocycles. The molecule has 0 saturated heterocycles. The van der Waals surface area contributed by atoms with E-state index in [2.05, 4.69) is 5.32 Å². The molecule has 0 aliphatic carbocycles. The fraction of sp³-hybridized carbons (Fsp3) is 0.333. The lowest BCUT2D eigenvalue weighted by Gasteiger charge is -2.33. The van der Waals surface area contributed by atoms with Crippen molar-refractivity contribution < 1.29 is 18.0 Å². The molecule has 0 saturated carbocycles. The molecule has 40 heavy (non-hydrogen) atoms. The minimum absolute atomic E-state index is 0.00806. The minimum atomic E-state index is -4.20. The third-order valence-electron chi connectivity index (χ3n) is 6.56. The van der Waals surface area contributed by atoms with E-state index >= 15 is 0 Å². The van der Waals surface area contributed by atoms with E-state index in [0.29, 0.717) is 13.0 Å². The van der Waals surface area contributed by atoms with E-state index in [1.807, 2.05) is 45.0 Å². The van der Waals surface area contributed by atoms with E-state index < -0.39 is 28.5 Å². The second-order valence-electron chi connectivity index (χ2n) is 9.47. The SMILES string of the molecule is CCCCNC(=O)C(CC)N(Cc1ccccc1C)C(=O)CN(c1cc(Cl)cc(Cl)c1)S(=O)(=O)c1ccccc1. The molecule has 0 spiro atoms. The monoisotopic (exact) mass is 603 g/mol. The van der Waals surface area contributed by atoms with Gasteiger partial charge in [-0.15, -0.1) is 0 Å². The van der Waals surface area contributed by atoms with Gasteiger partial charge in [-0.05, 0) is 61.2 Å². The van der Waals surface area contributed by atoms with Gasteiger partial charge in [-0.2, -0.15) is 0 Å². The number of nitrogens with zero attached hydrogens (tertiary/aromatic N) is 2. The minimum Gasteiger partial charge on any atom is -0.354 e. The van der Waals surface area contributed by atoms with Crippen molar-refractivity contribution in [3.05, 3.63) is 94.0 Å². The van der Waals surface area contributed by atoms with Gasteiger partial charge in [0.05, 0.1) is 10.6 Å². The third-order valence-corrected chi connectivity index (χ3v) is 8.79. The van der Waals surface area contributed by atoms with Crippen molar-refractivity contribution in [3.63, 3.8) is 0 Å². The molecular formula is C30H35Cl2N3O4S. The van der Waals surface area contributed by atoms with Gasteiger partial charge >= 0.3 is 0 Å². The van der Waals surface area contributed by atoms with Gasteiger partial charge in [-0.25, -0.2) is 8.42 Å². The second-order valence-corrected chi connectivity index (χ2v) is 12.2. The van der Waals surface area contributed by atoms with Crippen molar-refractivity contribution in [1.82, 2.24) is 10.2 Å². The van der Waals surface area contributed by atoms with Crippen LogP contribution in [0.2, 0.25) is 10.0 Å².